The van der Waals surface area contributed by atoms with Gasteiger partial charge in [0.15, 0.2) is 0 Å². The molecule has 19 heavy (non-hydrogen) atoms. The molecule has 0 heterocycles. The Morgan fingerprint density at radius 3 is 1.79 bits per heavy atom. The standard InChI is InChI=1S/C17H38N2/c1-9-17(10-2)19(12-13(3)4)16(8)15(7)11-18-14(5)6/h13-18H,9-12H2,1-8H3. The molecule has 2 atom stereocenters. The molecule has 0 bridgehead atoms. The summed E-state index contributed by atoms with van der Waals surface area (Å²) in [5.41, 5.74) is 0. The van der Waals surface area contributed by atoms with Gasteiger partial charge in [0.05, 0.1) is 0 Å². The average molecular weight is 271 g/mol. The molecule has 0 fully saturated rings. The first kappa shape index (κ1) is 18.9. The van der Waals surface area contributed by atoms with E-state index in [0.717, 1.165) is 18.5 Å². The Morgan fingerprint density at radius 1 is 0.895 bits per heavy atom. The molecule has 0 aromatic rings. The van der Waals surface area contributed by atoms with E-state index in [4.69, 9.17) is 0 Å². The van der Waals surface area contributed by atoms with Gasteiger partial charge in [-0.2, -0.15) is 0 Å². The van der Waals surface area contributed by atoms with E-state index in [1.807, 2.05) is 0 Å². The van der Waals surface area contributed by atoms with E-state index in [2.05, 4.69) is 65.6 Å². The fourth-order valence-corrected chi connectivity index (χ4v) is 2.75. The Balaban J connectivity index is 4.63. The minimum absolute atomic E-state index is 0.585. The van der Waals surface area contributed by atoms with Crippen molar-refractivity contribution in [1.82, 2.24) is 10.2 Å². The molecule has 2 heteroatoms. The molecule has 0 aliphatic carbocycles. The fraction of sp³-hybridized carbons (Fsp3) is 1.00. The van der Waals surface area contributed by atoms with E-state index < -0.39 is 0 Å². The monoisotopic (exact) mass is 270 g/mol. The van der Waals surface area contributed by atoms with Gasteiger partial charge in [-0.25, -0.2) is 0 Å². The highest BCUT2D eigenvalue weighted by atomic mass is 15.2. The van der Waals surface area contributed by atoms with Crippen molar-refractivity contribution >= 4 is 0 Å². The SMILES string of the molecule is CCC(CC)N(CC(C)C)C(C)C(C)CNC(C)C. The van der Waals surface area contributed by atoms with Gasteiger partial charge in [-0.05, 0) is 38.1 Å². The van der Waals surface area contributed by atoms with Gasteiger partial charge in [0, 0.05) is 24.7 Å². The van der Waals surface area contributed by atoms with Crippen molar-refractivity contribution in [3.8, 4) is 0 Å². The van der Waals surface area contributed by atoms with Crippen LogP contribution in [0.25, 0.3) is 0 Å². The van der Waals surface area contributed by atoms with Gasteiger partial charge in [0.25, 0.3) is 0 Å². The molecule has 1 N–H and O–H groups in total. The van der Waals surface area contributed by atoms with Crippen LogP contribution in [0.1, 0.15) is 68.2 Å². The largest absolute Gasteiger partial charge is 0.314 e. The highest BCUT2D eigenvalue weighted by Crippen LogP contribution is 2.20. The quantitative estimate of drug-likeness (QED) is 0.641. The summed E-state index contributed by atoms with van der Waals surface area (Å²) in [4.78, 5) is 2.75. The Morgan fingerprint density at radius 2 is 1.42 bits per heavy atom. The molecular weight excluding hydrogens is 232 g/mol. The number of nitrogens with zero attached hydrogens (tertiary/aromatic N) is 1. The van der Waals surface area contributed by atoms with E-state index >= 15 is 0 Å². The van der Waals surface area contributed by atoms with Crippen LogP contribution in [-0.4, -0.2) is 36.1 Å². The van der Waals surface area contributed by atoms with Crippen LogP contribution >= 0.6 is 0 Å². The lowest BCUT2D eigenvalue weighted by molar-refractivity contribution is 0.0861. The molecule has 0 amide bonds. The topological polar surface area (TPSA) is 15.3 Å². The normalized spacial score (nSPS) is 15.8. The van der Waals surface area contributed by atoms with Crippen molar-refractivity contribution in [3.63, 3.8) is 0 Å². The van der Waals surface area contributed by atoms with E-state index in [9.17, 15) is 0 Å². The third-order valence-electron chi connectivity index (χ3n) is 4.18. The Bertz CT molecular complexity index is 209. The second kappa shape index (κ2) is 9.77. The molecule has 116 valence electrons. The Labute approximate surface area is 122 Å². The number of hydrogen-bond donors (Lipinski definition) is 1. The van der Waals surface area contributed by atoms with Gasteiger partial charge >= 0.3 is 0 Å². The maximum Gasteiger partial charge on any atom is 0.0108 e. The molecular formula is C17H38N2. The second-order valence-electron chi connectivity index (χ2n) is 6.84. The zero-order chi connectivity index (χ0) is 15.0. The smallest absolute Gasteiger partial charge is 0.0108 e. The first-order valence-corrected chi connectivity index (χ1v) is 8.32. The summed E-state index contributed by atoms with van der Waals surface area (Å²) in [5, 5.41) is 3.58. The van der Waals surface area contributed by atoms with Gasteiger partial charge in [0.2, 0.25) is 0 Å². The molecule has 0 rings (SSSR count). The molecule has 2 unspecified atom stereocenters. The molecule has 0 saturated carbocycles. The maximum atomic E-state index is 3.58. The van der Waals surface area contributed by atoms with E-state index in [-0.39, 0.29) is 0 Å². The summed E-state index contributed by atoms with van der Waals surface area (Å²) in [7, 11) is 0. The lowest BCUT2D eigenvalue weighted by Gasteiger charge is -2.40. The van der Waals surface area contributed by atoms with Crippen molar-refractivity contribution < 1.29 is 0 Å². The third kappa shape index (κ3) is 7.31. The van der Waals surface area contributed by atoms with Gasteiger partial charge in [-0.15, -0.1) is 0 Å². The lowest BCUT2D eigenvalue weighted by atomic mass is 9.96. The van der Waals surface area contributed by atoms with Crippen molar-refractivity contribution in [2.45, 2.75) is 86.4 Å². The maximum absolute atomic E-state index is 3.58. The van der Waals surface area contributed by atoms with Crippen molar-refractivity contribution in [2.24, 2.45) is 11.8 Å². The van der Waals surface area contributed by atoms with Crippen molar-refractivity contribution in [1.29, 1.82) is 0 Å². The van der Waals surface area contributed by atoms with E-state index in [0.29, 0.717) is 18.0 Å². The van der Waals surface area contributed by atoms with Crippen LogP contribution in [0.3, 0.4) is 0 Å². The number of rotatable bonds is 10. The van der Waals surface area contributed by atoms with Gasteiger partial charge in [-0.1, -0.05) is 48.5 Å². The minimum atomic E-state index is 0.585. The zero-order valence-corrected chi connectivity index (χ0v) is 14.7. The van der Waals surface area contributed by atoms with Crippen LogP contribution in [0.4, 0.5) is 0 Å². The fourth-order valence-electron chi connectivity index (χ4n) is 2.75. The van der Waals surface area contributed by atoms with Gasteiger partial charge in [0.1, 0.15) is 0 Å². The van der Waals surface area contributed by atoms with E-state index in [1.165, 1.54) is 19.4 Å². The predicted molar refractivity (Wildman–Crippen MR) is 87.7 cm³/mol. The Kier molecular flexibility index (Phi) is 9.72. The zero-order valence-electron chi connectivity index (χ0n) is 14.7. The molecule has 0 aromatic heterocycles. The van der Waals surface area contributed by atoms with Crippen LogP contribution in [0, 0.1) is 11.8 Å². The van der Waals surface area contributed by atoms with Crippen LogP contribution in [-0.2, 0) is 0 Å². The second-order valence-corrected chi connectivity index (χ2v) is 6.84. The predicted octanol–water partition coefficient (Wildman–Crippen LogP) is 4.16. The van der Waals surface area contributed by atoms with Crippen LogP contribution in [0.2, 0.25) is 0 Å². The minimum Gasteiger partial charge on any atom is -0.314 e. The summed E-state index contributed by atoms with van der Waals surface area (Å²) in [5.74, 6) is 1.44. The summed E-state index contributed by atoms with van der Waals surface area (Å²) in [6, 6.07) is 1.97. The van der Waals surface area contributed by atoms with Crippen molar-refractivity contribution in [2.75, 3.05) is 13.1 Å². The average Bonchev–Trinajstić information content (AvgIpc) is 2.34. The molecule has 2 nitrogen and oxygen atoms in total. The van der Waals surface area contributed by atoms with Gasteiger partial charge < -0.3 is 5.32 Å². The summed E-state index contributed by atoms with van der Waals surface area (Å²) in [6.07, 6.45) is 2.52. The number of hydrogen-bond acceptors (Lipinski definition) is 2. The molecule has 0 aliphatic heterocycles. The first-order chi connectivity index (χ1) is 8.83. The summed E-state index contributed by atoms with van der Waals surface area (Å²) >= 11 is 0. The molecule has 0 aromatic carbocycles. The van der Waals surface area contributed by atoms with Gasteiger partial charge in [-0.3, -0.25) is 4.90 Å². The Hall–Kier alpha value is -0.0800. The highest BCUT2D eigenvalue weighted by Gasteiger charge is 2.25. The molecule has 0 spiro atoms. The number of nitrogens with one attached hydrogen (secondary N) is 1. The van der Waals surface area contributed by atoms with Crippen LogP contribution in [0.15, 0.2) is 0 Å². The van der Waals surface area contributed by atoms with Crippen LogP contribution in [0.5, 0.6) is 0 Å². The summed E-state index contributed by atoms with van der Waals surface area (Å²) < 4.78 is 0. The third-order valence-corrected chi connectivity index (χ3v) is 4.18. The first-order valence-electron chi connectivity index (χ1n) is 8.32. The van der Waals surface area contributed by atoms with Crippen molar-refractivity contribution in [3.05, 3.63) is 0 Å². The lowest BCUT2D eigenvalue weighted by Crippen LogP contribution is -2.48. The molecule has 0 saturated heterocycles. The molecule has 0 radical (unpaired) electrons. The molecule has 0 aliphatic rings. The summed E-state index contributed by atoms with van der Waals surface area (Å²) in [6.45, 7) is 20.9. The highest BCUT2D eigenvalue weighted by molar-refractivity contribution is 4.81. The van der Waals surface area contributed by atoms with Crippen LogP contribution < -0.4 is 5.32 Å². The van der Waals surface area contributed by atoms with E-state index in [1.54, 1.807) is 0 Å².